The Bertz CT molecular complexity index is 1310. The number of carboxylic acids is 1. The molecule has 0 bridgehead atoms. The summed E-state index contributed by atoms with van der Waals surface area (Å²) < 4.78 is 11.6. The van der Waals surface area contributed by atoms with Crippen LogP contribution in [0.15, 0.2) is 78.9 Å². The van der Waals surface area contributed by atoms with E-state index in [1.807, 2.05) is 66.7 Å². The normalized spacial score (nSPS) is 10.6. The van der Waals surface area contributed by atoms with Crippen LogP contribution in [-0.2, 0) is 17.8 Å². The van der Waals surface area contributed by atoms with E-state index in [0.717, 1.165) is 17.5 Å². The van der Waals surface area contributed by atoms with Gasteiger partial charge in [-0.3, -0.25) is 9.59 Å². The molecule has 1 amide bonds. The van der Waals surface area contributed by atoms with Gasteiger partial charge in [-0.2, -0.15) is 0 Å². The van der Waals surface area contributed by atoms with Gasteiger partial charge in [-0.05, 0) is 29.2 Å². The highest BCUT2D eigenvalue weighted by Crippen LogP contribution is 2.36. The average Bonchev–Trinajstić information content (AvgIpc) is 2.86. The highest BCUT2D eigenvalue weighted by atomic mass is 16.5. The second-order valence-corrected chi connectivity index (χ2v) is 7.69. The smallest absolute Gasteiger partial charge is 0.322 e. The molecule has 0 aliphatic heterocycles. The zero-order valence-electron chi connectivity index (χ0n) is 18.7. The predicted octanol–water partition coefficient (Wildman–Crippen LogP) is 4.23. The lowest BCUT2D eigenvalue weighted by atomic mass is 10.0. The van der Waals surface area contributed by atoms with Crippen molar-refractivity contribution in [1.29, 1.82) is 0 Å². The molecule has 34 heavy (non-hydrogen) atoms. The number of aromatic nitrogens is 1. The molecule has 7 heteroatoms. The highest BCUT2D eigenvalue weighted by Gasteiger charge is 2.22. The predicted molar refractivity (Wildman–Crippen MR) is 128 cm³/mol. The Morgan fingerprint density at radius 1 is 0.882 bits per heavy atom. The lowest BCUT2D eigenvalue weighted by Gasteiger charge is -2.16. The van der Waals surface area contributed by atoms with Crippen LogP contribution in [0.1, 0.15) is 27.2 Å². The summed E-state index contributed by atoms with van der Waals surface area (Å²) in [7, 11) is 1.48. The lowest BCUT2D eigenvalue weighted by Crippen LogP contribution is -2.30. The Kier molecular flexibility index (Phi) is 7.03. The summed E-state index contributed by atoms with van der Waals surface area (Å²) in [5, 5.41) is 12.7. The molecule has 4 aromatic rings. The molecule has 3 aromatic carbocycles. The summed E-state index contributed by atoms with van der Waals surface area (Å²) in [4.78, 5) is 28.2. The Hall–Kier alpha value is -4.39. The van der Waals surface area contributed by atoms with Crippen molar-refractivity contribution in [2.24, 2.45) is 0 Å². The number of amides is 1. The number of benzene rings is 3. The maximum Gasteiger partial charge on any atom is 0.322 e. The quantitative estimate of drug-likeness (QED) is 0.391. The molecule has 0 unspecified atom stereocenters. The number of carbonyl (C=O) groups is 2. The standard InChI is InChI=1S/C27H24N2O5/c1-33-27-22-15-20(14-18-8-4-2-5-9-18)12-13-21(22)25(34-17-19-10-6-3-7-11-19)24(29-27)26(32)28-16-23(30)31/h2-13,15H,14,16-17H2,1H3,(H,28,32)(H,30,31). The number of ether oxygens (including phenoxy) is 2. The third kappa shape index (κ3) is 5.32. The molecule has 0 saturated carbocycles. The number of aliphatic carboxylic acids is 1. The van der Waals surface area contributed by atoms with E-state index in [2.05, 4.69) is 22.4 Å². The molecule has 1 aromatic heterocycles. The molecular formula is C27H24N2O5. The van der Waals surface area contributed by atoms with Crippen molar-refractivity contribution in [2.75, 3.05) is 13.7 Å². The number of rotatable bonds is 9. The fourth-order valence-electron chi connectivity index (χ4n) is 3.67. The van der Waals surface area contributed by atoms with Crippen LogP contribution < -0.4 is 14.8 Å². The van der Waals surface area contributed by atoms with Gasteiger partial charge in [-0.15, -0.1) is 0 Å². The molecule has 0 aliphatic carbocycles. The first kappa shape index (κ1) is 22.8. The minimum atomic E-state index is -1.15. The van der Waals surface area contributed by atoms with Gasteiger partial charge in [-0.25, -0.2) is 4.98 Å². The Morgan fingerprint density at radius 2 is 1.56 bits per heavy atom. The third-order valence-corrected chi connectivity index (χ3v) is 5.27. The summed E-state index contributed by atoms with van der Waals surface area (Å²) in [5.41, 5.74) is 3.11. The molecule has 2 N–H and O–H groups in total. The van der Waals surface area contributed by atoms with Crippen molar-refractivity contribution < 1.29 is 24.2 Å². The van der Waals surface area contributed by atoms with E-state index in [0.29, 0.717) is 10.8 Å². The average molecular weight is 456 g/mol. The number of methoxy groups -OCH3 is 1. The summed E-state index contributed by atoms with van der Waals surface area (Å²) in [6.07, 6.45) is 0.723. The highest BCUT2D eigenvalue weighted by molar-refractivity contribution is 6.04. The van der Waals surface area contributed by atoms with E-state index < -0.39 is 18.4 Å². The number of nitrogens with one attached hydrogen (secondary N) is 1. The first-order chi connectivity index (χ1) is 16.5. The Morgan fingerprint density at radius 3 is 2.21 bits per heavy atom. The fraction of sp³-hybridized carbons (Fsp3) is 0.148. The molecule has 172 valence electrons. The number of hydrogen-bond donors (Lipinski definition) is 2. The number of nitrogens with zero attached hydrogens (tertiary/aromatic N) is 1. The SMILES string of the molecule is COc1nc(C(=O)NCC(=O)O)c(OCc2ccccc2)c2ccc(Cc3ccccc3)cc12. The molecule has 0 aliphatic rings. The molecule has 0 spiro atoms. The molecule has 0 radical (unpaired) electrons. The molecule has 7 nitrogen and oxygen atoms in total. The molecular weight excluding hydrogens is 432 g/mol. The lowest BCUT2D eigenvalue weighted by molar-refractivity contribution is -0.135. The number of carboxylic acid groups (broad SMARTS) is 1. The van der Waals surface area contributed by atoms with Gasteiger partial charge in [0.2, 0.25) is 5.88 Å². The second-order valence-electron chi connectivity index (χ2n) is 7.69. The monoisotopic (exact) mass is 456 g/mol. The minimum absolute atomic E-state index is 0.0302. The van der Waals surface area contributed by atoms with Gasteiger partial charge < -0.3 is 19.9 Å². The molecule has 0 saturated heterocycles. The van der Waals surface area contributed by atoms with Crippen molar-refractivity contribution >= 4 is 22.6 Å². The second kappa shape index (κ2) is 10.5. The van der Waals surface area contributed by atoms with Crippen molar-refractivity contribution in [3.8, 4) is 11.6 Å². The Balaban J connectivity index is 1.77. The van der Waals surface area contributed by atoms with Crippen molar-refractivity contribution in [2.45, 2.75) is 13.0 Å². The van der Waals surface area contributed by atoms with Gasteiger partial charge in [0.15, 0.2) is 11.4 Å². The fourth-order valence-corrected chi connectivity index (χ4v) is 3.67. The summed E-state index contributed by atoms with van der Waals surface area (Å²) >= 11 is 0. The van der Waals surface area contributed by atoms with Gasteiger partial charge in [-0.1, -0.05) is 72.8 Å². The van der Waals surface area contributed by atoms with Gasteiger partial charge in [0, 0.05) is 10.8 Å². The maximum absolute atomic E-state index is 12.8. The largest absolute Gasteiger partial charge is 0.486 e. The zero-order chi connectivity index (χ0) is 23.9. The maximum atomic E-state index is 12.8. The topological polar surface area (TPSA) is 97.8 Å². The molecule has 0 fully saturated rings. The van der Waals surface area contributed by atoms with E-state index >= 15 is 0 Å². The number of hydrogen-bond acceptors (Lipinski definition) is 5. The van der Waals surface area contributed by atoms with E-state index in [1.165, 1.54) is 12.7 Å². The minimum Gasteiger partial charge on any atom is -0.486 e. The van der Waals surface area contributed by atoms with Crippen LogP contribution in [0.3, 0.4) is 0 Å². The molecule has 4 rings (SSSR count). The summed E-state index contributed by atoms with van der Waals surface area (Å²) in [6.45, 7) is -0.316. The van der Waals surface area contributed by atoms with Crippen LogP contribution in [0.2, 0.25) is 0 Å². The number of fused-ring (bicyclic) bond motifs is 1. The van der Waals surface area contributed by atoms with Crippen LogP contribution in [0.25, 0.3) is 10.8 Å². The van der Waals surface area contributed by atoms with E-state index in [1.54, 1.807) is 0 Å². The Labute approximate surface area is 197 Å². The van der Waals surface area contributed by atoms with Crippen LogP contribution in [-0.4, -0.2) is 35.6 Å². The van der Waals surface area contributed by atoms with Crippen molar-refractivity contribution in [3.63, 3.8) is 0 Å². The molecule has 0 atom stereocenters. The van der Waals surface area contributed by atoms with Crippen molar-refractivity contribution in [1.82, 2.24) is 10.3 Å². The number of carbonyl (C=O) groups excluding carboxylic acids is 1. The van der Waals surface area contributed by atoms with Gasteiger partial charge >= 0.3 is 5.97 Å². The third-order valence-electron chi connectivity index (χ3n) is 5.27. The zero-order valence-corrected chi connectivity index (χ0v) is 18.7. The van der Waals surface area contributed by atoms with Crippen LogP contribution in [0.4, 0.5) is 0 Å². The van der Waals surface area contributed by atoms with E-state index in [-0.39, 0.29) is 23.9 Å². The van der Waals surface area contributed by atoms with Crippen LogP contribution in [0, 0.1) is 0 Å². The summed E-state index contributed by atoms with van der Waals surface area (Å²) in [5.74, 6) is -1.27. The first-order valence-electron chi connectivity index (χ1n) is 10.8. The number of pyridine rings is 1. The van der Waals surface area contributed by atoms with Gasteiger partial charge in [0.05, 0.1) is 7.11 Å². The van der Waals surface area contributed by atoms with E-state index in [4.69, 9.17) is 14.6 Å². The van der Waals surface area contributed by atoms with Crippen LogP contribution in [0.5, 0.6) is 11.6 Å². The van der Waals surface area contributed by atoms with Gasteiger partial charge in [0.25, 0.3) is 5.91 Å². The molecule has 1 heterocycles. The first-order valence-corrected chi connectivity index (χ1v) is 10.8. The van der Waals surface area contributed by atoms with Gasteiger partial charge in [0.1, 0.15) is 13.2 Å². The van der Waals surface area contributed by atoms with Crippen molar-refractivity contribution in [3.05, 3.63) is 101 Å². The van der Waals surface area contributed by atoms with E-state index in [9.17, 15) is 9.59 Å². The van der Waals surface area contributed by atoms with Crippen LogP contribution >= 0.6 is 0 Å². The summed E-state index contributed by atoms with van der Waals surface area (Å²) in [6, 6.07) is 25.5.